The van der Waals surface area contributed by atoms with Crippen LogP contribution in [0.25, 0.3) is 0 Å². The lowest BCUT2D eigenvalue weighted by molar-refractivity contribution is 0.156. The molecule has 0 aromatic rings. The third-order valence-electron chi connectivity index (χ3n) is 3.50. The molecule has 3 nitrogen and oxygen atoms in total. The maximum Gasteiger partial charge on any atom is 0.0198 e. The van der Waals surface area contributed by atoms with Gasteiger partial charge >= 0.3 is 0 Å². The summed E-state index contributed by atoms with van der Waals surface area (Å²) in [7, 11) is 0. The van der Waals surface area contributed by atoms with Crippen LogP contribution in [0, 0.1) is 0 Å². The van der Waals surface area contributed by atoms with E-state index in [1.54, 1.807) is 0 Å². The van der Waals surface area contributed by atoms with E-state index < -0.39 is 0 Å². The summed E-state index contributed by atoms with van der Waals surface area (Å²) < 4.78 is 0. The molecule has 3 aliphatic rings. The molecule has 0 aliphatic carbocycles. The average molecular weight is 183 g/mol. The molecule has 0 radical (unpaired) electrons. The van der Waals surface area contributed by atoms with Crippen molar-refractivity contribution in [2.24, 2.45) is 5.73 Å². The summed E-state index contributed by atoms with van der Waals surface area (Å²) in [5.41, 5.74) is 5.65. The molecule has 2 bridgehead atoms. The fourth-order valence-corrected chi connectivity index (χ4v) is 2.82. The number of hydrogen-bond donors (Lipinski definition) is 1. The van der Waals surface area contributed by atoms with Gasteiger partial charge in [-0.3, -0.25) is 4.90 Å². The number of hydrogen-bond acceptors (Lipinski definition) is 3. The van der Waals surface area contributed by atoms with Crippen LogP contribution >= 0.6 is 0 Å². The molecule has 1 unspecified atom stereocenters. The summed E-state index contributed by atoms with van der Waals surface area (Å²) in [5.74, 6) is 0. The maximum atomic E-state index is 5.65. The third kappa shape index (κ3) is 1.87. The van der Waals surface area contributed by atoms with Gasteiger partial charge in [0.05, 0.1) is 0 Å². The average Bonchev–Trinajstić information content (AvgIpc) is 2.36. The van der Waals surface area contributed by atoms with Gasteiger partial charge in [0, 0.05) is 31.7 Å². The molecule has 0 aromatic heterocycles. The van der Waals surface area contributed by atoms with Crippen molar-refractivity contribution in [1.29, 1.82) is 0 Å². The van der Waals surface area contributed by atoms with Crippen molar-refractivity contribution < 1.29 is 0 Å². The Morgan fingerprint density at radius 1 is 1.31 bits per heavy atom. The van der Waals surface area contributed by atoms with E-state index >= 15 is 0 Å². The predicted molar refractivity (Wildman–Crippen MR) is 54.7 cm³/mol. The molecule has 0 spiro atoms. The van der Waals surface area contributed by atoms with Crippen molar-refractivity contribution in [2.75, 3.05) is 32.7 Å². The molecule has 3 heteroatoms. The molecule has 3 rings (SSSR count). The minimum absolute atomic E-state index is 0.707. The van der Waals surface area contributed by atoms with Crippen molar-refractivity contribution >= 4 is 0 Å². The van der Waals surface area contributed by atoms with Crippen molar-refractivity contribution in [3.05, 3.63) is 0 Å². The highest BCUT2D eigenvalue weighted by Crippen LogP contribution is 2.23. The summed E-state index contributed by atoms with van der Waals surface area (Å²) in [6, 6.07) is 1.52. The summed E-state index contributed by atoms with van der Waals surface area (Å²) in [5, 5.41) is 0. The standard InChI is InChI=1S/C10H21N3/c1-9-8-12-5-2-10(3-6-12)13(9)7-4-11/h9-10H,2-8,11H2,1H3. The second-order valence-electron chi connectivity index (χ2n) is 4.41. The van der Waals surface area contributed by atoms with E-state index in [1.807, 2.05) is 0 Å². The Labute approximate surface area is 80.9 Å². The summed E-state index contributed by atoms with van der Waals surface area (Å²) >= 11 is 0. The van der Waals surface area contributed by atoms with Gasteiger partial charge < -0.3 is 10.6 Å². The van der Waals surface area contributed by atoms with Crippen LogP contribution in [0.4, 0.5) is 0 Å². The van der Waals surface area contributed by atoms with Gasteiger partial charge in [-0.1, -0.05) is 0 Å². The van der Waals surface area contributed by atoms with Crippen molar-refractivity contribution in [2.45, 2.75) is 31.8 Å². The van der Waals surface area contributed by atoms with Gasteiger partial charge in [-0.15, -0.1) is 0 Å². The number of nitrogens with zero attached hydrogens (tertiary/aromatic N) is 2. The Bertz CT molecular complexity index is 164. The Hall–Kier alpha value is -0.120. The largest absolute Gasteiger partial charge is 0.329 e. The van der Waals surface area contributed by atoms with Crippen molar-refractivity contribution in [3.8, 4) is 0 Å². The Balaban J connectivity index is 2.05. The lowest BCUT2D eigenvalue weighted by Crippen LogP contribution is -2.44. The first-order valence-corrected chi connectivity index (χ1v) is 5.49. The van der Waals surface area contributed by atoms with E-state index in [4.69, 9.17) is 5.73 Å². The van der Waals surface area contributed by atoms with E-state index in [0.29, 0.717) is 6.04 Å². The number of rotatable bonds is 2. The zero-order valence-corrected chi connectivity index (χ0v) is 8.58. The second-order valence-corrected chi connectivity index (χ2v) is 4.41. The smallest absolute Gasteiger partial charge is 0.0198 e. The van der Waals surface area contributed by atoms with Gasteiger partial charge in [0.1, 0.15) is 0 Å². The molecular formula is C10H21N3. The Morgan fingerprint density at radius 3 is 2.62 bits per heavy atom. The van der Waals surface area contributed by atoms with Gasteiger partial charge in [-0.05, 0) is 32.9 Å². The van der Waals surface area contributed by atoms with Crippen LogP contribution in [0.5, 0.6) is 0 Å². The highest BCUT2D eigenvalue weighted by molar-refractivity contribution is 4.89. The highest BCUT2D eigenvalue weighted by atomic mass is 15.3. The fourth-order valence-electron chi connectivity index (χ4n) is 2.82. The van der Waals surface area contributed by atoms with Crippen LogP contribution in [0.3, 0.4) is 0 Å². The fraction of sp³-hybridized carbons (Fsp3) is 1.00. The lowest BCUT2D eigenvalue weighted by atomic mass is 10.1. The first kappa shape index (κ1) is 9.44. The first-order chi connectivity index (χ1) is 6.31. The van der Waals surface area contributed by atoms with E-state index in [-0.39, 0.29) is 0 Å². The summed E-state index contributed by atoms with van der Waals surface area (Å²) in [6.45, 7) is 8.08. The van der Waals surface area contributed by atoms with E-state index in [9.17, 15) is 0 Å². The lowest BCUT2D eigenvalue weighted by Gasteiger charge is -2.33. The van der Waals surface area contributed by atoms with Crippen LogP contribution in [0.2, 0.25) is 0 Å². The van der Waals surface area contributed by atoms with Crippen LogP contribution in [-0.2, 0) is 0 Å². The summed E-state index contributed by atoms with van der Waals surface area (Å²) in [6.07, 6.45) is 2.70. The van der Waals surface area contributed by atoms with E-state index in [0.717, 1.165) is 19.1 Å². The molecular weight excluding hydrogens is 162 g/mol. The first-order valence-electron chi connectivity index (χ1n) is 5.49. The molecule has 13 heavy (non-hydrogen) atoms. The van der Waals surface area contributed by atoms with Crippen molar-refractivity contribution in [1.82, 2.24) is 9.80 Å². The van der Waals surface area contributed by atoms with Gasteiger partial charge in [0.2, 0.25) is 0 Å². The van der Waals surface area contributed by atoms with E-state index in [1.165, 1.54) is 32.5 Å². The zero-order valence-electron chi connectivity index (χ0n) is 8.58. The van der Waals surface area contributed by atoms with Crippen LogP contribution in [0.1, 0.15) is 19.8 Å². The summed E-state index contributed by atoms with van der Waals surface area (Å²) in [4.78, 5) is 5.21. The minimum atomic E-state index is 0.707. The van der Waals surface area contributed by atoms with E-state index in [2.05, 4.69) is 16.7 Å². The van der Waals surface area contributed by atoms with Crippen LogP contribution in [-0.4, -0.2) is 54.6 Å². The number of piperidine rings is 1. The Morgan fingerprint density at radius 2 is 2.00 bits per heavy atom. The third-order valence-corrected chi connectivity index (χ3v) is 3.50. The SMILES string of the molecule is CC1CN2CCC(CC2)N1CCN. The molecule has 3 saturated heterocycles. The molecule has 3 heterocycles. The topological polar surface area (TPSA) is 32.5 Å². The molecule has 0 amide bonds. The van der Waals surface area contributed by atoms with Gasteiger partial charge in [-0.25, -0.2) is 0 Å². The molecule has 76 valence electrons. The molecule has 0 saturated carbocycles. The monoisotopic (exact) mass is 183 g/mol. The molecule has 3 fully saturated rings. The van der Waals surface area contributed by atoms with Crippen molar-refractivity contribution in [3.63, 3.8) is 0 Å². The quantitative estimate of drug-likeness (QED) is 0.660. The van der Waals surface area contributed by atoms with Gasteiger partial charge in [0.15, 0.2) is 0 Å². The Kier molecular flexibility index (Phi) is 2.86. The second kappa shape index (κ2) is 3.95. The van der Waals surface area contributed by atoms with Gasteiger partial charge in [0.25, 0.3) is 0 Å². The highest BCUT2D eigenvalue weighted by Gasteiger charge is 2.32. The number of nitrogens with two attached hydrogens (primary N) is 1. The molecule has 0 aromatic carbocycles. The molecule has 1 atom stereocenters. The number of fused-ring (bicyclic) bond motifs is 4. The maximum absolute atomic E-state index is 5.65. The molecule has 3 aliphatic heterocycles. The van der Waals surface area contributed by atoms with Crippen LogP contribution in [0.15, 0.2) is 0 Å². The molecule has 2 N–H and O–H groups in total. The van der Waals surface area contributed by atoms with Gasteiger partial charge in [-0.2, -0.15) is 0 Å². The zero-order chi connectivity index (χ0) is 9.26. The normalized spacial score (nSPS) is 40.6. The predicted octanol–water partition coefficient (Wildman–Crippen LogP) is 0.114. The van der Waals surface area contributed by atoms with Crippen LogP contribution < -0.4 is 5.73 Å². The minimum Gasteiger partial charge on any atom is -0.329 e.